The van der Waals surface area contributed by atoms with Gasteiger partial charge < -0.3 is 25.2 Å². The molecule has 31 heavy (non-hydrogen) atoms. The van der Waals surface area contributed by atoms with Gasteiger partial charge in [0.05, 0.1) is 23.7 Å². The molecule has 0 bridgehead atoms. The van der Waals surface area contributed by atoms with E-state index in [1.54, 1.807) is 7.11 Å². The Labute approximate surface area is 190 Å². The molecular weight excluding hydrogens is 408 g/mol. The van der Waals surface area contributed by atoms with Crippen LogP contribution in [-0.2, 0) is 0 Å². The van der Waals surface area contributed by atoms with Crippen LogP contribution in [0.5, 0.6) is 17.2 Å². The third-order valence-electron chi connectivity index (χ3n) is 5.82. The van der Waals surface area contributed by atoms with Gasteiger partial charge >= 0.3 is 0 Å². The number of methoxy groups -OCH3 is 1. The second kappa shape index (κ2) is 9.60. The van der Waals surface area contributed by atoms with Crippen molar-refractivity contribution in [3.05, 3.63) is 53.2 Å². The number of unbranched alkanes of at least 4 members (excludes halogenated alkanes) is 1. The molecule has 166 valence electrons. The average Bonchev–Trinajstić information content (AvgIpc) is 3.12. The van der Waals surface area contributed by atoms with E-state index < -0.39 is 0 Å². The third-order valence-corrected chi connectivity index (χ3v) is 6.17. The summed E-state index contributed by atoms with van der Waals surface area (Å²) in [6.45, 7) is 7.14. The molecule has 1 atom stereocenters. The first-order valence-corrected chi connectivity index (χ1v) is 11.1. The molecule has 1 aliphatic heterocycles. The van der Waals surface area contributed by atoms with Crippen LogP contribution in [0.15, 0.2) is 36.5 Å². The van der Waals surface area contributed by atoms with Gasteiger partial charge in [-0.25, -0.2) is 0 Å². The Bertz CT molecular complexity index is 1000. The molecule has 0 amide bonds. The van der Waals surface area contributed by atoms with E-state index in [1.165, 1.54) is 6.07 Å². The second-order valence-corrected chi connectivity index (χ2v) is 8.77. The number of phenolic OH excluding ortho intramolecular Hbond substituents is 2. The number of aromatic hydroxyl groups is 2. The van der Waals surface area contributed by atoms with E-state index in [4.69, 9.17) is 17.0 Å². The van der Waals surface area contributed by atoms with Gasteiger partial charge in [0.25, 0.3) is 0 Å². The van der Waals surface area contributed by atoms with Gasteiger partial charge in [-0.3, -0.25) is 0 Å². The fourth-order valence-electron chi connectivity index (χ4n) is 4.01. The van der Waals surface area contributed by atoms with Crippen molar-refractivity contribution in [3.8, 4) is 17.2 Å². The highest BCUT2D eigenvalue weighted by molar-refractivity contribution is 7.80. The highest BCUT2D eigenvalue weighted by Crippen LogP contribution is 2.44. The Kier molecular flexibility index (Phi) is 7.11. The Morgan fingerprint density at radius 2 is 1.90 bits per heavy atom. The van der Waals surface area contributed by atoms with Crippen molar-refractivity contribution in [2.45, 2.75) is 45.4 Å². The largest absolute Gasteiger partial charge is 0.508 e. The number of phenols is 2. The first-order valence-electron chi connectivity index (χ1n) is 10.7. The number of ether oxygens (including phenoxy) is 1. The zero-order valence-electron chi connectivity index (χ0n) is 18.9. The van der Waals surface area contributed by atoms with Crippen molar-refractivity contribution in [2.75, 3.05) is 25.6 Å². The van der Waals surface area contributed by atoms with Crippen molar-refractivity contribution < 1.29 is 14.9 Å². The number of nitrogens with zero attached hydrogens (tertiary/aromatic N) is 1. The molecule has 3 N–H and O–H groups in total. The Morgan fingerprint density at radius 3 is 2.55 bits per heavy atom. The summed E-state index contributed by atoms with van der Waals surface area (Å²) in [4.78, 5) is 2.89. The fourth-order valence-corrected chi connectivity index (χ4v) is 4.33. The van der Waals surface area contributed by atoms with Crippen LogP contribution in [0, 0.1) is 0 Å². The van der Waals surface area contributed by atoms with Crippen molar-refractivity contribution in [1.82, 2.24) is 5.32 Å². The van der Waals surface area contributed by atoms with Crippen LogP contribution < -0.4 is 15.0 Å². The molecule has 0 radical (unpaired) electrons. The minimum atomic E-state index is -0.199. The summed E-state index contributed by atoms with van der Waals surface area (Å²) in [5.74, 6) is 0.887. The van der Waals surface area contributed by atoms with Gasteiger partial charge in [0, 0.05) is 31.4 Å². The van der Waals surface area contributed by atoms with Gasteiger partial charge in [0.15, 0.2) is 0 Å². The molecule has 0 fully saturated rings. The lowest BCUT2D eigenvalue weighted by molar-refractivity contribution is 0.414. The predicted octanol–water partition coefficient (Wildman–Crippen LogP) is 5.52. The van der Waals surface area contributed by atoms with Gasteiger partial charge in [-0.1, -0.05) is 45.5 Å². The Morgan fingerprint density at radius 1 is 1.16 bits per heavy atom. The summed E-state index contributed by atoms with van der Waals surface area (Å²) < 4.78 is 5.60. The van der Waals surface area contributed by atoms with E-state index in [-0.39, 0.29) is 23.3 Å². The summed E-state index contributed by atoms with van der Waals surface area (Å²) >= 11 is 5.65. The Balaban J connectivity index is 2.05. The van der Waals surface area contributed by atoms with Crippen LogP contribution in [0.2, 0.25) is 0 Å². The average molecular weight is 441 g/mol. The number of nitrogens with one attached hydrogen (secondary N) is 1. The summed E-state index contributed by atoms with van der Waals surface area (Å²) in [7, 11) is 3.75. The maximum absolute atomic E-state index is 10.6. The summed E-state index contributed by atoms with van der Waals surface area (Å²) in [6.07, 6.45) is 4.07. The lowest BCUT2D eigenvalue weighted by atomic mass is 9.86. The molecule has 3 rings (SSSR count). The number of rotatable bonds is 8. The van der Waals surface area contributed by atoms with Crippen LogP contribution >= 0.6 is 12.2 Å². The molecule has 5 nitrogen and oxygen atoms in total. The van der Waals surface area contributed by atoms with Gasteiger partial charge in [0.2, 0.25) is 0 Å². The maximum Gasteiger partial charge on any atom is 0.142 e. The fraction of sp³-hybridized carbons (Fsp3) is 0.400. The molecule has 0 spiro atoms. The molecule has 0 aromatic heterocycles. The highest BCUT2D eigenvalue weighted by Gasteiger charge is 2.30. The van der Waals surface area contributed by atoms with Crippen LogP contribution in [0.3, 0.4) is 0 Å². The molecule has 2 aromatic carbocycles. The minimum absolute atomic E-state index is 0.0402. The van der Waals surface area contributed by atoms with E-state index >= 15 is 0 Å². The first-order chi connectivity index (χ1) is 14.8. The number of hydrogen-bond acceptors (Lipinski definition) is 5. The zero-order chi connectivity index (χ0) is 22.7. The summed E-state index contributed by atoms with van der Waals surface area (Å²) in [6, 6.07) is 9.40. The van der Waals surface area contributed by atoms with E-state index in [9.17, 15) is 10.2 Å². The second-order valence-electron chi connectivity index (χ2n) is 8.33. The number of anilines is 1. The quantitative estimate of drug-likeness (QED) is 0.470. The van der Waals surface area contributed by atoms with E-state index in [0.717, 1.165) is 47.5 Å². The van der Waals surface area contributed by atoms with Crippen molar-refractivity contribution in [3.63, 3.8) is 0 Å². The maximum atomic E-state index is 10.6. The smallest absolute Gasteiger partial charge is 0.142 e. The Hall–Kier alpha value is -2.73. The lowest BCUT2D eigenvalue weighted by Crippen LogP contribution is -2.20. The number of thiocarbonyl (C=S) groups is 1. The SMILES string of the molecule is CCCCN(C)c1cc(C2C(=S)NC=C2c2cc(C(C)C)c(O)cc2O)ccc1OC. The summed E-state index contributed by atoms with van der Waals surface area (Å²) in [5.41, 5.74) is 4.39. The normalized spacial score (nSPS) is 15.7. The van der Waals surface area contributed by atoms with Crippen LogP contribution in [0.4, 0.5) is 5.69 Å². The highest BCUT2D eigenvalue weighted by atomic mass is 32.1. The van der Waals surface area contributed by atoms with E-state index in [0.29, 0.717) is 10.6 Å². The monoisotopic (exact) mass is 440 g/mol. The van der Waals surface area contributed by atoms with Gasteiger partial charge in [-0.05, 0) is 47.2 Å². The number of benzene rings is 2. The molecule has 0 saturated heterocycles. The lowest BCUT2D eigenvalue weighted by Gasteiger charge is -2.24. The third kappa shape index (κ3) is 4.64. The standard InChI is InChI=1S/C25H32N2O3S/c1-6-7-10-27(4)20-11-16(8-9-23(20)30-5)24-19(14-26-25(24)31)18-12-17(15(2)3)21(28)13-22(18)29/h8-9,11-15,24,28-29H,6-7,10H2,1-5H3,(H,26,31). The molecule has 1 aliphatic rings. The van der Waals surface area contributed by atoms with Crippen LogP contribution in [0.1, 0.15) is 62.1 Å². The minimum Gasteiger partial charge on any atom is -0.508 e. The van der Waals surface area contributed by atoms with Gasteiger partial charge in [-0.15, -0.1) is 0 Å². The predicted molar refractivity (Wildman–Crippen MR) is 131 cm³/mol. The molecule has 0 aliphatic carbocycles. The van der Waals surface area contributed by atoms with Gasteiger partial charge in [0.1, 0.15) is 17.2 Å². The molecular formula is C25H32N2O3S. The zero-order valence-corrected chi connectivity index (χ0v) is 19.7. The topological polar surface area (TPSA) is 65.0 Å². The van der Waals surface area contributed by atoms with E-state index in [1.807, 2.05) is 38.2 Å². The molecule has 1 heterocycles. The molecule has 2 aromatic rings. The van der Waals surface area contributed by atoms with Crippen LogP contribution in [-0.4, -0.2) is 35.9 Å². The van der Waals surface area contributed by atoms with Crippen molar-refractivity contribution >= 4 is 28.5 Å². The van der Waals surface area contributed by atoms with Crippen molar-refractivity contribution in [2.24, 2.45) is 0 Å². The first kappa shape index (κ1) is 22.9. The van der Waals surface area contributed by atoms with Crippen LogP contribution in [0.25, 0.3) is 5.57 Å². The van der Waals surface area contributed by atoms with Gasteiger partial charge in [-0.2, -0.15) is 0 Å². The van der Waals surface area contributed by atoms with E-state index in [2.05, 4.69) is 30.3 Å². The molecule has 6 heteroatoms. The summed E-state index contributed by atoms with van der Waals surface area (Å²) in [5, 5.41) is 24.1. The molecule has 0 saturated carbocycles. The molecule has 1 unspecified atom stereocenters. The number of hydrogen-bond donors (Lipinski definition) is 3. The van der Waals surface area contributed by atoms with Crippen molar-refractivity contribution in [1.29, 1.82) is 0 Å².